The SMILES string of the molecule is CCCOc1ccc(C(C)=O)cc1Cl. The minimum Gasteiger partial charge on any atom is -0.492 e. The van der Waals surface area contributed by atoms with Gasteiger partial charge >= 0.3 is 0 Å². The molecule has 0 saturated carbocycles. The van der Waals surface area contributed by atoms with E-state index >= 15 is 0 Å². The second-order valence-corrected chi connectivity index (χ2v) is 3.46. The van der Waals surface area contributed by atoms with Gasteiger partial charge in [0.15, 0.2) is 5.78 Å². The van der Waals surface area contributed by atoms with Crippen LogP contribution in [0.1, 0.15) is 30.6 Å². The number of ether oxygens (including phenoxy) is 1. The minimum absolute atomic E-state index is 0.00828. The molecular weight excluding hydrogens is 200 g/mol. The summed E-state index contributed by atoms with van der Waals surface area (Å²) >= 11 is 5.93. The third-order valence-electron chi connectivity index (χ3n) is 1.80. The number of rotatable bonds is 4. The van der Waals surface area contributed by atoms with Gasteiger partial charge in [0.25, 0.3) is 0 Å². The molecule has 0 atom stereocenters. The maximum atomic E-state index is 11.0. The average Bonchev–Trinajstić information content (AvgIpc) is 2.15. The molecule has 0 aliphatic heterocycles. The first-order chi connectivity index (χ1) is 6.65. The molecule has 0 saturated heterocycles. The summed E-state index contributed by atoms with van der Waals surface area (Å²) in [6.07, 6.45) is 0.935. The molecule has 0 heterocycles. The molecule has 0 spiro atoms. The predicted molar refractivity (Wildman–Crippen MR) is 57.2 cm³/mol. The molecule has 0 unspecified atom stereocenters. The van der Waals surface area contributed by atoms with Crippen LogP contribution in [0.15, 0.2) is 18.2 Å². The third kappa shape index (κ3) is 2.74. The van der Waals surface area contributed by atoms with Crippen molar-refractivity contribution in [2.45, 2.75) is 20.3 Å². The van der Waals surface area contributed by atoms with Crippen molar-refractivity contribution in [3.63, 3.8) is 0 Å². The van der Waals surface area contributed by atoms with E-state index in [0.29, 0.717) is 22.9 Å². The lowest BCUT2D eigenvalue weighted by Crippen LogP contribution is -1.97. The molecule has 2 nitrogen and oxygen atoms in total. The van der Waals surface area contributed by atoms with Crippen molar-refractivity contribution in [1.82, 2.24) is 0 Å². The lowest BCUT2D eigenvalue weighted by molar-refractivity contribution is 0.101. The van der Waals surface area contributed by atoms with Crippen LogP contribution in [-0.2, 0) is 0 Å². The lowest BCUT2D eigenvalue weighted by atomic mass is 10.1. The van der Waals surface area contributed by atoms with E-state index in [-0.39, 0.29) is 5.78 Å². The Morgan fingerprint density at radius 2 is 2.21 bits per heavy atom. The number of Topliss-reactive ketones (excluding diaryl/α,β-unsaturated/α-hetero) is 1. The molecule has 0 aliphatic rings. The highest BCUT2D eigenvalue weighted by Gasteiger charge is 2.05. The van der Waals surface area contributed by atoms with Crippen molar-refractivity contribution < 1.29 is 9.53 Å². The van der Waals surface area contributed by atoms with E-state index in [0.717, 1.165) is 6.42 Å². The molecule has 14 heavy (non-hydrogen) atoms. The van der Waals surface area contributed by atoms with E-state index < -0.39 is 0 Å². The molecule has 76 valence electrons. The van der Waals surface area contributed by atoms with Crippen LogP contribution >= 0.6 is 11.6 Å². The van der Waals surface area contributed by atoms with Gasteiger partial charge in [0.1, 0.15) is 5.75 Å². The summed E-state index contributed by atoms with van der Waals surface area (Å²) in [4.78, 5) is 11.0. The zero-order valence-electron chi connectivity index (χ0n) is 8.34. The molecule has 1 rings (SSSR count). The number of carbonyl (C=O) groups excluding carboxylic acids is 1. The van der Waals surface area contributed by atoms with Crippen molar-refractivity contribution >= 4 is 17.4 Å². The second-order valence-electron chi connectivity index (χ2n) is 3.05. The molecule has 0 radical (unpaired) electrons. The molecule has 0 bridgehead atoms. The predicted octanol–water partition coefficient (Wildman–Crippen LogP) is 3.33. The maximum Gasteiger partial charge on any atom is 0.159 e. The zero-order valence-corrected chi connectivity index (χ0v) is 9.10. The highest BCUT2D eigenvalue weighted by Crippen LogP contribution is 2.25. The Balaban J connectivity index is 2.84. The van der Waals surface area contributed by atoms with E-state index in [2.05, 4.69) is 0 Å². The summed E-state index contributed by atoms with van der Waals surface area (Å²) in [5.41, 5.74) is 0.610. The number of hydrogen-bond donors (Lipinski definition) is 0. The van der Waals surface area contributed by atoms with Gasteiger partial charge in [-0.1, -0.05) is 18.5 Å². The van der Waals surface area contributed by atoms with E-state index in [1.54, 1.807) is 18.2 Å². The molecule has 0 N–H and O–H groups in total. The fourth-order valence-electron chi connectivity index (χ4n) is 1.05. The number of halogens is 1. The lowest BCUT2D eigenvalue weighted by Gasteiger charge is -2.07. The average molecular weight is 213 g/mol. The summed E-state index contributed by atoms with van der Waals surface area (Å²) in [5, 5.41) is 0.492. The zero-order chi connectivity index (χ0) is 10.6. The van der Waals surface area contributed by atoms with Crippen LogP contribution in [0.25, 0.3) is 0 Å². The summed E-state index contributed by atoms with van der Waals surface area (Å²) in [5.74, 6) is 0.646. The van der Waals surface area contributed by atoms with Crippen LogP contribution in [0, 0.1) is 0 Å². The van der Waals surface area contributed by atoms with Crippen molar-refractivity contribution in [2.75, 3.05) is 6.61 Å². The van der Waals surface area contributed by atoms with Crippen molar-refractivity contribution in [3.05, 3.63) is 28.8 Å². The number of benzene rings is 1. The standard InChI is InChI=1S/C11H13ClO2/c1-3-6-14-11-5-4-9(8(2)13)7-10(11)12/h4-5,7H,3,6H2,1-2H3. The Bertz CT molecular complexity index is 334. The Labute approximate surface area is 88.8 Å². The van der Waals surface area contributed by atoms with Crippen LogP contribution in [0.2, 0.25) is 5.02 Å². The normalized spacial score (nSPS) is 9.93. The van der Waals surface area contributed by atoms with Crippen molar-refractivity contribution in [1.29, 1.82) is 0 Å². The van der Waals surface area contributed by atoms with Gasteiger partial charge in [-0.05, 0) is 31.5 Å². The molecule has 0 amide bonds. The van der Waals surface area contributed by atoms with Gasteiger partial charge in [-0.15, -0.1) is 0 Å². The van der Waals surface area contributed by atoms with Gasteiger partial charge in [0, 0.05) is 5.56 Å². The highest BCUT2D eigenvalue weighted by molar-refractivity contribution is 6.32. The molecule has 0 fully saturated rings. The first-order valence-electron chi connectivity index (χ1n) is 4.58. The van der Waals surface area contributed by atoms with E-state index in [1.165, 1.54) is 6.92 Å². The van der Waals surface area contributed by atoms with Crippen LogP contribution < -0.4 is 4.74 Å². The number of ketones is 1. The Hall–Kier alpha value is -1.02. The van der Waals surface area contributed by atoms with Gasteiger partial charge in [-0.2, -0.15) is 0 Å². The molecule has 3 heteroatoms. The topological polar surface area (TPSA) is 26.3 Å². The van der Waals surface area contributed by atoms with Gasteiger partial charge in [0.05, 0.1) is 11.6 Å². The molecule has 1 aromatic rings. The van der Waals surface area contributed by atoms with Crippen molar-refractivity contribution in [3.8, 4) is 5.75 Å². The fourth-order valence-corrected chi connectivity index (χ4v) is 1.28. The summed E-state index contributed by atoms with van der Waals surface area (Å²) in [7, 11) is 0. The first-order valence-corrected chi connectivity index (χ1v) is 4.96. The smallest absolute Gasteiger partial charge is 0.159 e. The Morgan fingerprint density at radius 3 is 2.71 bits per heavy atom. The van der Waals surface area contributed by atoms with Gasteiger partial charge in [-0.25, -0.2) is 0 Å². The molecule has 0 aliphatic carbocycles. The summed E-state index contributed by atoms with van der Waals surface area (Å²) in [6, 6.07) is 5.09. The van der Waals surface area contributed by atoms with E-state index in [4.69, 9.17) is 16.3 Å². The summed E-state index contributed by atoms with van der Waals surface area (Å²) < 4.78 is 5.38. The van der Waals surface area contributed by atoms with Crippen LogP contribution in [0.5, 0.6) is 5.75 Å². The Kier molecular flexibility index (Phi) is 3.96. The molecular formula is C11H13ClO2. The Morgan fingerprint density at radius 1 is 1.50 bits per heavy atom. The summed E-state index contributed by atoms with van der Waals surface area (Å²) in [6.45, 7) is 4.18. The first kappa shape index (κ1) is 11.1. The monoisotopic (exact) mass is 212 g/mol. The van der Waals surface area contributed by atoms with Crippen molar-refractivity contribution in [2.24, 2.45) is 0 Å². The minimum atomic E-state index is 0.00828. The van der Waals surface area contributed by atoms with Crippen LogP contribution in [-0.4, -0.2) is 12.4 Å². The highest BCUT2D eigenvalue weighted by atomic mass is 35.5. The van der Waals surface area contributed by atoms with Gasteiger partial charge in [-0.3, -0.25) is 4.79 Å². The fraction of sp³-hybridized carbons (Fsp3) is 0.364. The largest absolute Gasteiger partial charge is 0.492 e. The van der Waals surface area contributed by atoms with Gasteiger partial charge in [0.2, 0.25) is 0 Å². The number of hydrogen-bond acceptors (Lipinski definition) is 2. The van der Waals surface area contributed by atoms with E-state index in [9.17, 15) is 4.79 Å². The second kappa shape index (κ2) is 5.01. The maximum absolute atomic E-state index is 11.0. The molecule has 1 aromatic carbocycles. The quantitative estimate of drug-likeness (QED) is 0.716. The van der Waals surface area contributed by atoms with Crippen LogP contribution in [0.4, 0.5) is 0 Å². The third-order valence-corrected chi connectivity index (χ3v) is 2.10. The van der Waals surface area contributed by atoms with E-state index in [1.807, 2.05) is 6.92 Å². The number of carbonyl (C=O) groups is 1. The molecule has 0 aromatic heterocycles. The van der Waals surface area contributed by atoms with Gasteiger partial charge < -0.3 is 4.74 Å². The van der Waals surface area contributed by atoms with Crippen LogP contribution in [0.3, 0.4) is 0 Å².